The second kappa shape index (κ2) is 11.4. The number of para-hydroxylation sites is 2. The van der Waals surface area contributed by atoms with E-state index in [2.05, 4.69) is 10.6 Å². The van der Waals surface area contributed by atoms with Gasteiger partial charge in [-0.05, 0) is 73.7 Å². The molecule has 0 fully saturated rings. The number of Topliss-reactive ketones (excluding diaryl/α,β-unsaturated/α-hetero) is 1. The van der Waals surface area contributed by atoms with Gasteiger partial charge in [-0.2, -0.15) is 0 Å². The Hall–Kier alpha value is -4.33. The van der Waals surface area contributed by atoms with E-state index >= 15 is 0 Å². The van der Waals surface area contributed by atoms with E-state index in [0.29, 0.717) is 47.2 Å². The number of allylic oxidation sites excluding steroid dienone is 1. The Labute approximate surface area is 235 Å². The molecule has 0 bridgehead atoms. The van der Waals surface area contributed by atoms with Crippen LogP contribution >= 0.6 is 0 Å². The number of carbonyl (C=O) groups excluding carboxylic acids is 1. The fraction of sp³-hybridized carbons (Fsp3) is 0.344. The van der Waals surface area contributed by atoms with Crippen LogP contribution < -0.4 is 34.3 Å². The molecule has 2 N–H and O–H groups in total. The van der Waals surface area contributed by atoms with Gasteiger partial charge in [0.2, 0.25) is 5.75 Å². The lowest BCUT2D eigenvalue weighted by molar-refractivity contribution is -0.116. The molecule has 0 aromatic heterocycles. The van der Waals surface area contributed by atoms with Crippen LogP contribution in [0.1, 0.15) is 49.8 Å². The van der Waals surface area contributed by atoms with Crippen LogP contribution in [0.25, 0.3) is 0 Å². The Bertz CT molecular complexity index is 1420. The average Bonchev–Trinajstić information content (AvgIpc) is 3.13. The number of ether oxygens (including phenoxy) is 5. The van der Waals surface area contributed by atoms with Gasteiger partial charge >= 0.3 is 0 Å². The van der Waals surface area contributed by atoms with E-state index in [4.69, 9.17) is 23.7 Å². The first kappa shape index (κ1) is 27.2. The van der Waals surface area contributed by atoms with Gasteiger partial charge in [-0.3, -0.25) is 4.79 Å². The van der Waals surface area contributed by atoms with Crippen molar-refractivity contribution in [2.75, 3.05) is 39.1 Å². The highest BCUT2D eigenvalue weighted by molar-refractivity contribution is 6.01. The first-order valence-electron chi connectivity index (χ1n) is 13.4. The molecule has 1 aliphatic heterocycles. The van der Waals surface area contributed by atoms with E-state index in [1.807, 2.05) is 68.4 Å². The molecule has 3 aromatic carbocycles. The summed E-state index contributed by atoms with van der Waals surface area (Å²) >= 11 is 0. The summed E-state index contributed by atoms with van der Waals surface area (Å²) in [6.07, 6.45) is 1.05. The fourth-order valence-corrected chi connectivity index (χ4v) is 5.54. The molecule has 1 heterocycles. The molecule has 5 rings (SSSR count). The van der Waals surface area contributed by atoms with E-state index in [-0.39, 0.29) is 17.8 Å². The summed E-state index contributed by atoms with van der Waals surface area (Å²) in [6.45, 7) is 3.96. The summed E-state index contributed by atoms with van der Waals surface area (Å²) < 4.78 is 28.3. The zero-order valence-electron chi connectivity index (χ0n) is 23.8. The first-order chi connectivity index (χ1) is 19.4. The Kier molecular flexibility index (Phi) is 7.78. The van der Waals surface area contributed by atoms with Crippen molar-refractivity contribution in [3.05, 3.63) is 77.0 Å². The summed E-state index contributed by atoms with van der Waals surface area (Å²) in [5.74, 6) is 2.97. The molecule has 0 radical (unpaired) electrons. The third-order valence-corrected chi connectivity index (χ3v) is 7.35. The minimum Gasteiger partial charge on any atom is -0.493 e. The monoisotopic (exact) mass is 544 g/mol. The predicted molar refractivity (Wildman–Crippen MR) is 155 cm³/mol. The summed E-state index contributed by atoms with van der Waals surface area (Å²) in [7, 11) is 6.39. The Morgan fingerprint density at radius 3 is 2.02 bits per heavy atom. The summed E-state index contributed by atoms with van der Waals surface area (Å²) in [4.78, 5) is 14.0. The standard InChI is InChI=1S/C32H36N2O6/c1-18(2)40-26-12-11-19(15-27(26)36-3)20-13-24-30(25(35)14-20)31(34-23-10-8-7-9-22(23)33-24)21-16-28(37-4)32(39-6)29(17-21)38-5/h7-12,15-18,20,31,33-34H,13-14H2,1-6H3. The van der Waals surface area contributed by atoms with Crippen molar-refractivity contribution in [1.82, 2.24) is 0 Å². The third-order valence-electron chi connectivity index (χ3n) is 7.35. The maximum atomic E-state index is 14.0. The molecule has 8 nitrogen and oxygen atoms in total. The van der Waals surface area contributed by atoms with E-state index in [9.17, 15) is 4.79 Å². The van der Waals surface area contributed by atoms with Crippen LogP contribution in [0.15, 0.2) is 65.9 Å². The van der Waals surface area contributed by atoms with Gasteiger partial charge in [-0.15, -0.1) is 0 Å². The maximum Gasteiger partial charge on any atom is 0.203 e. The Balaban J connectivity index is 1.59. The molecule has 0 spiro atoms. The van der Waals surface area contributed by atoms with Crippen LogP contribution in [0.4, 0.5) is 11.4 Å². The zero-order chi connectivity index (χ0) is 28.4. The van der Waals surface area contributed by atoms with Crippen molar-refractivity contribution < 1.29 is 28.5 Å². The van der Waals surface area contributed by atoms with Gasteiger partial charge in [-0.25, -0.2) is 0 Å². The fourth-order valence-electron chi connectivity index (χ4n) is 5.54. The molecule has 2 atom stereocenters. The molecule has 8 heteroatoms. The van der Waals surface area contributed by atoms with Crippen molar-refractivity contribution in [3.8, 4) is 28.7 Å². The number of fused-ring (bicyclic) bond motifs is 1. The number of methoxy groups -OCH3 is 4. The molecule has 0 saturated heterocycles. The Morgan fingerprint density at radius 2 is 1.40 bits per heavy atom. The van der Waals surface area contributed by atoms with E-state index in [0.717, 1.165) is 28.2 Å². The molecule has 1 aliphatic carbocycles. The normalized spacial score (nSPS) is 18.1. The second-order valence-corrected chi connectivity index (χ2v) is 10.2. The first-order valence-corrected chi connectivity index (χ1v) is 13.4. The summed E-state index contributed by atoms with van der Waals surface area (Å²) in [6, 6.07) is 17.3. The van der Waals surface area contributed by atoms with Gasteiger partial charge in [0.1, 0.15) is 0 Å². The predicted octanol–water partition coefficient (Wildman–Crippen LogP) is 6.49. The largest absolute Gasteiger partial charge is 0.493 e. The Morgan fingerprint density at radius 1 is 0.750 bits per heavy atom. The van der Waals surface area contributed by atoms with Crippen molar-refractivity contribution in [3.63, 3.8) is 0 Å². The molecule has 3 aromatic rings. The SMILES string of the molecule is COc1cc(C2CC(=O)C3=C(C2)Nc2ccccc2NC3c2cc(OC)c(OC)c(OC)c2)ccc1OC(C)C. The molecule has 0 saturated carbocycles. The van der Waals surface area contributed by atoms with E-state index < -0.39 is 6.04 Å². The number of carbonyl (C=O) groups is 1. The summed E-state index contributed by atoms with van der Waals surface area (Å²) in [5, 5.41) is 7.20. The van der Waals surface area contributed by atoms with Crippen LogP contribution in [0.2, 0.25) is 0 Å². The van der Waals surface area contributed by atoms with Gasteiger partial charge in [0.15, 0.2) is 28.8 Å². The lowest BCUT2D eigenvalue weighted by Crippen LogP contribution is -2.27. The van der Waals surface area contributed by atoms with Crippen LogP contribution in [-0.4, -0.2) is 40.3 Å². The van der Waals surface area contributed by atoms with Crippen molar-refractivity contribution in [2.45, 2.75) is 44.8 Å². The number of ketones is 1. The molecule has 2 unspecified atom stereocenters. The molecular weight excluding hydrogens is 508 g/mol. The highest BCUT2D eigenvalue weighted by Gasteiger charge is 2.37. The number of rotatable bonds is 8. The molecule has 2 aliphatic rings. The summed E-state index contributed by atoms with van der Waals surface area (Å²) in [5.41, 5.74) is 5.27. The number of nitrogens with one attached hydrogen (secondary N) is 2. The molecule has 0 amide bonds. The molecule has 40 heavy (non-hydrogen) atoms. The van der Waals surface area contributed by atoms with Crippen LogP contribution in [-0.2, 0) is 4.79 Å². The van der Waals surface area contributed by atoms with Gasteiger partial charge in [0.25, 0.3) is 0 Å². The number of hydrogen-bond donors (Lipinski definition) is 2. The highest BCUT2D eigenvalue weighted by atomic mass is 16.5. The van der Waals surface area contributed by atoms with Crippen molar-refractivity contribution >= 4 is 17.2 Å². The van der Waals surface area contributed by atoms with Crippen LogP contribution in [0, 0.1) is 0 Å². The topological polar surface area (TPSA) is 87.3 Å². The van der Waals surface area contributed by atoms with Crippen LogP contribution in [0.5, 0.6) is 28.7 Å². The maximum absolute atomic E-state index is 14.0. The lowest BCUT2D eigenvalue weighted by Gasteiger charge is -2.30. The number of anilines is 2. The van der Waals surface area contributed by atoms with Gasteiger partial charge < -0.3 is 34.3 Å². The van der Waals surface area contributed by atoms with E-state index in [1.165, 1.54) is 0 Å². The average molecular weight is 545 g/mol. The quantitative estimate of drug-likeness (QED) is 0.333. The van der Waals surface area contributed by atoms with Gasteiger partial charge in [0.05, 0.1) is 52.0 Å². The molecule has 210 valence electrons. The van der Waals surface area contributed by atoms with Crippen LogP contribution in [0.3, 0.4) is 0 Å². The highest BCUT2D eigenvalue weighted by Crippen LogP contribution is 2.48. The second-order valence-electron chi connectivity index (χ2n) is 10.2. The zero-order valence-corrected chi connectivity index (χ0v) is 23.8. The van der Waals surface area contributed by atoms with Crippen molar-refractivity contribution in [2.24, 2.45) is 0 Å². The van der Waals surface area contributed by atoms with Crippen molar-refractivity contribution in [1.29, 1.82) is 0 Å². The smallest absolute Gasteiger partial charge is 0.203 e. The van der Waals surface area contributed by atoms with Gasteiger partial charge in [-0.1, -0.05) is 18.2 Å². The molecular formula is C32H36N2O6. The number of benzene rings is 3. The minimum atomic E-state index is -0.426. The lowest BCUT2D eigenvalue weighted by atomic mass is 9.78. The van der Waals surface area contributed by atoms with Gasteiger partial charge in [0, 0.05) is 17.7 Å². The third kappa shape index (κ3) is 5.13. The minimum absolute atomic E-state index is 0.0217. The van der Waals surface area contributed by atoms with E-state index in [1.54, 1.807) is 28.4 Å². The number of hydrogen-bond acceptors (Lipinski definition) is 8.